The van der Waals surface area contributed by atoms with E-state index in [0.717, 1.165) is 17.0 Å². The van der Waals surface area contributed by atoms with Crippen molar-refractivity contribution in [3.05, 3.63) is 53.7 Å². The summed E-state index contributed by atoms with van der Waals surface area (Å²) in [6.07, 6.45) is 1.51. The van der Waals surface area contributed by atoms with Crippen LogP contribution in [0, 0.1) is 0 Å². The number of rotatable bonds is 7. The minimum Gasteiger partial charge on any atom is -0.389 e. The first-order valence-electron chi connectivity index (χ1n) is 10.5. The van der Waals surface area contributed by atoms with Gasteiger partial charge in [-0.3, -0.25) is 0 Å². The number of fused-ring (bicyclic) bond motifs is 1. The highest BCUT2D eigenvalue weighted by molar-refractivity contribution is 5.85. The first-order chi connectivity index (χ1) is 14.5. The van der Waals surface area contributed by atoms with Gasteiger partial charge in [0.05, 0.1) is 12.3 Å². The highest BCUT2D eigenvalue weighted by Crippen LogP contribution is 2.25. The minimum absolute atomic E-state index is 0. The number of nitrogens with one attached hydrogen (secondary N) is 3. The number of aliphatic hydroxyl groups is 2. The lowest BCUT2D eigenvalue weighted by molar-refractivity contribution is -0.0820. The molecule has 184 valence electrons. The number of aromatic nitrogens is 3. The highest BCUT2D eigenvalue weighted by atomic mass is 35.5. The average molecular weight is 479 g/mol. The van der Waals surface area contributed by atoms with Crippen molar-refractivity contribution in [2.45, 2.75) is 59.3 Å². The monoisotopic (exact) mass is 478 g/mol. The van der Waals surface area contributed by atoms with Crippen LogP contribution in [0.25, 0.3) is 5.65 Å². The van der Waals surface area contributed by atoms with Crippen LogP contribution in [0.15, 0.2) is 42.6 Å². The van der Waals surface area contributed by atoms with E-state index in [1.165, 1.54) is 5.56 Å². The van der Waals surface area contributed by atoms with E-state index in [4.69, 9.17) is 4.98 Å². The normalized spacial score (nSPS) is 19.8. The number of piperidine rings is 1. The summed E-state index contributed by atoms with van der Waals surface area (Å²) in [6, 6.07) is 12.1. The van der Waals surface area contributed by atoms with Gasteiger partial charge in [0, 0.05) is 31.3 Å². The molecule has 1 fully saturated rings. The van der Waals surface area contributed by atoms with Crippen molar-refractivity contribution in [3.63, 3.8) is 0 Å². The molecule has 1 aromatic carbocycles. The smallest absolute Gasteiger partial charge is 0.163 e. The first-order valence-corrected chi connectivity index (χ1v) is 10.5. The number of hydrogen-bond donors (Lipinski definition) is 5. The number of hydrogen-bond acceptors (Lipinski definition) is 7. The molecule has 2 atom stereocenters. The van der Waals surface area contributed by atoms with Gasteiger partial charge in [0.15, 0.2) is 5.65 Å². The molecule has 2 aromatic heterocycles. The number of nitrogens with zero attached hydrogens (tertiary/aromatic N) is 3. The van der Waals surface area contributed by atoms with Crippen molar-refractivity contribution < 1.29 is 10.2 Å². The van der Waals surface area contributed by atoms with Crippen LogP contribution < -0.4 is 16.0 Å². The summed E-state index contributed by atoms with van der Waals surface area (Å²) in [5, 5.41) is 35.4. The molecule has 0 aliphatic carbocycles. The predicted octanol–water partition coefficient (Wildman–Crippen LogP) is 3.66. The maximum absolute atomic E-state index is 10.8. The molecule has 8 nitrogen and oxygen atoms in total. The Morgan fingerprint density at radius 3 is 2.61 bits per heavy atom. The van der Waals surface area contributed by atoms with Gasteiger partial charge in [-0.2, -0.15) is 9.61 Å². The number of benzene rings is 1. The summed E-state index contributed by atoms with van der Waals surface area (Å²) in [5.41, 5.74) is 1.82. The van der Waals surface area contributed by atoms with Crippen LogP contribution in [0.1, 0.15) is 52.2 Å². The lowest BCUT2D eigenvalue weighted by Crippen LogP contribution is -2.57. The number of halogens is 1. The Kier molecular flexibility index (Phi) is 10.6. The molecule has 0 saturated carbocycles. The van der Waals surface area contributed by atoms with Gasteiger partial charge in [0.25, 0.3) is 0 Å². The summed E-state index contributed by atoms with van der Waals surface area (Å²) < 4.78 is 1.82. The quantitative estimate of drug-likeness (QED) is 0.353. The zero-order chi connectivity index (χ0) is 21.1. The van der Waals surface area contributed by atoms with Gasteiger partial charge >= 0.3 is 0 Å². The summed E-state index contributed by atoms with van der Waals surface area (Å²) in [5.74, 6) is 1.73. The molecule has 0 amide bonds. The van der Waals surface area contributed by atoms with Crippen LogP contribution in [0.4, 0.5) is 11.6 Å². The standard InChI is InChI=1S/C22H30N6O2.2CH4.ClH/c1-15(2)17-12-26-28-20(24-11-16-6-4-3-5-7-16)10-19(27-21(17)28)25-14-22(30)8-9-23-13-18(22)29;;;/h3-7,10,12,15,18,23-24,29-30H,8-9,11,13-14H2,1-2H3,(H,25,27);2*1H4;1H/t18-,22-;;;/m1.../s1. The molecule has 0 radical (unpaired) electrons. The Hall–Kier alpha value is -2.39. The molecular weight excluding hydrogens is 440 g/mol. The predicted molar refractivity (Wildman–Crippen MR) is 138 cm³/mol. The van der Waals surface area contributed by atoms with E-state index < -0.39 is 11.7 Å². The third-order valence-corrected chi connectivity index (χ3v) is 5.71. The highest BCUT2D eigenvalue weighted by Gasteiger charge is 2.37. The van der Waals surface area contributed by atoms with Crippen LogP contribution in [0.3, 0.4) is 0 Å². The molecule has 1 aliphatic heterocycles. The van der Waals surface area contributed by atoms with E-state index in [-0.39, 0.29) is 39.7 Å². The van der Waals surface area contributed by atoms with E-state index in [1.807, 2.05) is 35.0 Å². The lowest BCUT2D eigenvalue weighted by Gasteiger charge is -2.37. The Bertz CT molecular complexity index is 997. The maximum atomic E-state index is 10.8. The Morgan fingerprint density at radius 1 is 1.21 bits per heavy atom. The summed E-state index contributed by atoms with van der Waals surface area (Å²) >= 11 is 0. The molecule has 3 heterocycles. The zero-order valence-electron chi connectivity index (χ0n) is 17.9. The molecule has 0 unspecified atom stereocenters. The number of anilines is 2. The summed E-state index contributed by atoms with van der Waals surface area (Å²) in [6.45, 7) is 6.17. The van der Waals surface area contributed by atoms with Gasteiger partial charge in [-0.1, -0.05) is 59.0 Å². The molecule has 0 bridgehead atoms. The summed E-state index contributed by atoms with van der Waals surface area (Å²) in [4.78, 5) is 4.75. The lowest BCUT2D eigenvalue weighted by atomic mass is 9.89. The zero-order valence-corrected chi connectivity index (χ0v) is 18.7. The Labute approximate surface area is 203 Å². The Balaban J connectivity index is 0.00000181. The molecular formula is C24H39ClN6O2. The van der Waals surface area contributed by atoms with E-state index in [0.29, 0.717) is 31.9 Å². The van der Waals surface area contributed by atoms with Gasteiger partial charge in [-0.05, 0) is 24.4 Å². The largest absolute Gasteiger partial charge is 0.389 e. The topological polar surface area (TPSA) is 107 Å². The van der Waals surface area contributed by atoms with Gasteiger partial charge in [-0.15, -0.1) is 12.4 Å². The summed E-state index contributed by atoms with van der Waals surface area (Å²) in [7, 11) is 0. The molecule has 33 heavy (non-hydrogen) atoms. The van der Waals surface area contributed by atoms with Crippen LogP contribution in [-0.2, 0) is 6.54 Å². The second-order valence-electron chi connectivity index (χ2n) is 8.28. The van der Waals surface area contributed by atoms with Crippen molar-refractivity contribution in [1.82, 2.24) is 19.9 Å². The average Bonchev–Trinajstić information content (AvgIpc) is 3.18. The number of β-amino-alcohol motifs (C(OH)–C–C–N with tert-alkyl or cyclic N) is 1. The third kappa shape index (κ3) is 6.35. The number of aliphatic hydroxyl groups excluding tert-OH is 1. The van der Waals surface area contributed by atoms with E-state index in [1.54, 1.807) is 0 Å². The fraction of sp³-hybridized carbons (Fsp3) is 0.500. The van der Waals surface area contributed by atoms with Crippen molar-refractivity contribution in [2.24, 2.45) is 0 Å². The van der Waals surface area contributed by atoms with Gasteiger partial charge in [0.2, 0.25) is 0 Å². The van der Waals surface area contributed by atoms with Crippen molar-refractivity contribution in [3.8, 4) is 0 Å². The molecule has 1 saturated heterocycles. The molecule has 5 N–H and O–H groups in total. The second-order valence-corrected chi connectivity index (χ2v) is 8.28. The van der Waals surface area contributed by atoms with E-state index in [9.17, 15) is 10.2 Å². The molecule has 9 heteroatoms. The SMILES string of the molecule is C.C.CC(C)c1cnn2c(NCc3ccccc3)cc(NC[C@]3(O)CCNC[C@H]3O)nc12.Cl. The van der Waals surface area contributed by atoms with Gasteiger partial charge < -0.3 is 26.2 Å². The molecule has 0 spiro atoms. The van der Waals surface area contributed by atoms with Gasteiger partial charge in [-0.25, -0.2) is 4.98 Å². The van der Waals surface area contributed by atoms with E-state index >= 15 is 0 Å². The fourth-order valence-electron chi connectivity index (χ4n) is 3.74. The molecule has 1 aliphatic rings. The molecule has 4 rings (SSSR count). The van der Waals surface area contributed by atoms with Crippen LogP contribution >= 0.6 is 12.4 Å². The van der Waals surface area contributed by atoms with Crippen molar-refractivity contribution >= 4 is 29.7 Å². The molecule has 3 aromatic rings. The maximum Gasteiger partial charge on any atom is 0.163 e. The fourth-order valence-corrected chi connectivity index (χ4v) is 3.74. The van der Waals surface area contributed by atoms with Crippen LogP contribution in [-0.4, -0.2) is 56.2 Å². The third-order valence-electron chi connectivity index (χ3n) is 5.71. The van der Waals surface area contributed by atoms with Crippen molar-refractivity contribution in [2.75, 3.05) is 30.3 Å². The second kappa shape index (κ2) is 12.2. The van der Waals surface area contributed by atoms with E-state index in [2.05, 4.69) is 47.0 Å². The van der Waals surface area contributed by atoms with Crippen LogP contribution in [0.5, 0.6) is 0 Å². The Morgan fingerprint density at radius 2 is 1.94 bits per heavy atom. The van der Waals surface area contributed by atoms with Crippen LogP contribution in [0.2, 0.25) is 0 Å². The van der Waals surface area contributed by atoms with Crippen molar-refractivity contribution in [1.29, 1.82) is 0 Å². The minimum atomic E-state index is -1.18. The first kappa shape index (κ1) is 28.6. The van der Waals surface area contributed by atoms with Gasteiger partial charge in [0.1, 0.15) is 17.2 Å².